The van der Waals surface area contributed by atoms with Crippen molar-refractivity contribution in [3.63, 3.8) is 0 Å². The molecule has 0 atom stereocenters. The number of piperidine rings is 1. The van der Waals surface area contributed by atoms with E-state index in [-0.39, 0.29) is 11.8 Å². The second-order valence-electron chi connectivity index (χ2n) is 7.21. The first-order chi connectivity index (χ1) is 15.0. The summed E-state index contributed by atoms with van der Waals surface area (Å²) in [4.78, 5) is 14.2. The van der Waals surface area contributed by atoms with Crippen LogP contribution >= 0.6 is 23.8 Å². The first-order valence-corrected chi connectivity index (χ1v) is 11.1. The molecule has 3 rings (SSSR count). The molecule has 0 radical (unpaired) electrons. The van der Waals surface area contributed by atoms with E-state index in [0.29, 0.717) is 36.3 Å². The minimum atomic E-state index is -0.231. The first-order valence-electron chi connectivity index (χ1n) is 10.3. The first kappa shape index (κ1) is 23.2. The number of hydrogen-bond acceptors (Lipinski definition) is 5. The Morgan fingerprint density at radius 1 is 1.06 bits per heavy atom. The summed E-state index contributed by atoms with van der Waals surface area (Å²) < 4.78 is 17.3. The summed E-state index contributed by atoms with van der Waals surface area (Å²) in [6, 6.07) is 12.9. The lowest BCUT2D eigenvalue weighted by Gasteiger charge is -2.32. The van der Waals surface area contributed by atoms with Gasteiger partial charge in [0.25, 0.3) is 0 Å². The van der Waals surface area contributed by atoms with Gasteiger partial charge in [-0.3, -0.25) is 4.79 Å². The summed E-state index contributed by atoms with van der Waals surface area (Å²) in [6.45, 7) is 4.63. The Morgan fingerprint density at radius 3 is 2.39 bits per heavy atom. The van der Waals surface area contributed by atoms with Crippen LogP contribution < -0.4 is 19.9 Å². The van der Waals surface area contributed by atoms with Crippen molar-refractivity contribution < 1.29 is 19.0 Å². The Hall–Kier alpha value is -2.51. The zero-order valence-corrected chi connectivity index (χ0v) is 19.1. The minimum absolute atomic E-state index is 0.0658. The molecule has 0 aromatic heterocycles. The van der Waals surface area contributed by atoms with E-state index in [1.807, 2.05) is 37.3 Å². The molecule has 1 fully saturated rings. The Morgan fingerprint density at radius 2 is 1.74 bits per heavy atom. The summed E-state index contributed by atoms with van der Waals surface area (Å²) in [6.07, 6.45) is 1.45. The molecule has 2 N–H and O–H groups in total. The van der Waals surface area contributed by atoms with Crippen molar-refractivity contribution in [3.05, 3.63) is 53.1 Å². The van der Waals surface area contributed by atoms with Crippen molar-refractivity contribution in [3.8, 4) is 17.2 Å². The molecule has 2 aromatic carbocycles. The molecule has 1 aliphatic rings. The monoisotopic (exact) mass is 462 g/mol. The Kier molecular flexibility index (Phi) is 8.37. The van der Waals surface area contributed by atoms with Crippen LogP contribution in [0.1, 0.15) is 25.3 Å². The van der Waals surface area contributed by atoms with E-state index in [9.17, 15) is 4.79 Å². The number of nitrogens with two attached hydrogens (primary N) is 1. The van der Waals surface area contributed by atoms with E-state index < -0.39 is 0 Å². The highest BCUT2D eigenvalue weighted by Crippen LogP contribution is 2.30. The average Bonchev–Trinajstić information content (AvgIpc) is 2.78. The highest BCUT2D eigenvalue weighted by atomic mass is 35.5. The zero-order chi connectivity index (χ0) is 22.2. The number of ether oxygens (including phenoxy) is 3. The number of amides is 1. The molecule has 1 amide bonds. The molecule has 0 aliphatic carbocycles. The fraction of sp³-hybridized carbons (Fsp3) is 0.391. The molecule has 1 heterocycles. The van der Waals surface area contributed by atoms with Gasteiger partial charge in [0.05, 0.1) is 6.61 Å². The molecular formula is C23H27ClN2O4S. The normalized spacial score (nSPS) is 14.2. The van der Waals surface area contributed by atoms with E-state index in [4.69, 9.17) is 43.8 Å². The fourth-order valence-electron chi connectivity index (χ4n) is 3.42. The third-order valence-corrected chi connectivity index (χ3v) is 5.84. The summed E-state index contributed by atoms with van der Waals surface area (Å²) in [7, 11) is 0. The maximum atomic E-state index is 11.4. The SMILES string of the molecule is CCOc1cc(C(=S)N2CCC(C(N)=O)CC2)ccc1OCCOc1ccc(Cl)cc1. The number of likely N-dealkylation sites (tertiary alicyclic amines) is 1. The van der Waals surface area contributed by atoms with Gasteiger partial charge >= 0.3 is 0 Å². The van der Waals surface area contributed by atoms with Gasteiger partial charge in [-0.15, -0.1) is 0 Å². The number of primary amides is 1. The smallest absolute Gasteiger partial charge is 0.220 e. The molecule has 2 aromatic rings. The van der Waals surface area contributed by atoms with Gasteiger partial charge in [0, 0.05) is 29.6 Å². The summed E-state index contributed by atoms with van der Waals surface area (Å²) in [5, 5.41) is 0.667. The molecule has 166 valence electrons. The number of hydrogen-bond donors (Lipinski definition) is 1. The van der Waals surface area contributed by atoms with Crippen LogP contribution in [0.15, 0.2) is 42.5 Å². The molecule has 6 nitrogen and oxygen atoms in total. The van der Waals surface area contributed by atoms with E-state index in [2.05, 4.69) is 4.90 Å². The molecule has 8 heteroatoms. The van der Waals surface area contributed by atoms with Crippen molar-refractivity contribution in [2.45, 2.75) is 19.8 Å². The van der Waals surface area contributed by atoms with Crippen molar-refractivity contribution in [1.82, 2.24) is 4.90 Å². The van der Waals surface area contributed by atoms with Gasteiger partial charge in [-0.05, 0) is 62.2 Å². The van der Waals surface area contributed by atoms with Crippen LogP contribution in [0.25, 0.3) is 0 Å². The number of thiocarbonyl (C=S) groups is 1. The highest BCUT2D eigenvalue weighted by molar-refractivity contribution is 7.80. The minimum Gasteiger partial charge on any atom is -0.490 e. The summed E-state index contributed by atoms with van der Waals surface area (Å²) in [5.41, 5.74) is 6.31. The third-order valence-electron chi connectivity index (χ3n) is 5.10. The molecule has 1 aliphatic heterocycles. The van der Waals surface area contributed by atoms with Gasteiger partial charge in [0.1, 0.15) is 24.0 Å². The summed E-state index contributed by atoms with van der Waals surface area (Å²) >= 11 is 11.6. The van der Waals surface area contributed by atoms with Crippen LogP contribution in [0.4, 0.5) is 0 Å². The van der Waals surface area contributed by atoms with Crippen LogP contribution in [0.2, 0.25) is 5.02 Å². The van der Waals surface area contributed by atoms with Crippen LogP contribution in [0.5, 0.6) is 17.2 Å². The lowest BCUT2D eigenvalue weighted by Crippen LogP contribution is -2.41. The second kappa shape index (κ2) is 11.2. The lowest BCUT2D eigenvalue weighted by molar-refractivity contribution is -0.122. The number of carbonyl (C=O) groups excluding carboxylic acids is 1. The van der Waals surface area contributed by atoms with E-state index >= 15 is 0 Å². The van der Waals surface area contributed by atoms with Crippen LogP contribution in [-0.2, 0) is 4.79 Å². The van der Waals surface area contributed by atoms with Gasteiger partial charge < -0.3 is 24.8 Å². The van der Waals surface area contributed by atoms with Gasteiger partial charge in [-0.2, -0.15) is 0 Å². The lowest BCUT2D eigenvalue weighted by atomic mass is 9.96. The predicted octanol–water partition coefficient (Wildman–Crippen LogP) is 4.07. The number of benzene rings is 2. The Balaban J connectivity index is 1.57. The van der Waals surface area contributed by atoms with Crippen LogP contribution in [0, 0.1) is 5.92 Å². The third kappa shape index (κ3) is 6.48. The Labute approximate surface area is 193 Å². The van der Waals surface area contributed by atoms with Crippen molar-refractivity contribution in [1.29, 1.82) is 0 Å². The highest BCUT2D eigenvalue weighted by Gasteiger charge is 2.25. The predicted molar refractivity (Wildman–Crippen MR) is 125 cm³/mol. The largest absolute Gasteiger partial charge is 0.490 e. The Bertz CT molecular complexity index is 899. The number of nitrogens with zero attached hydrogens (tertiary/aromatic N) is 1. The molecule has 1 saturated heterocycles. The quantitative estimate of drug-likeness (QED) is 0.447. The number of rotatable bonds is 9. The van der Waals surface area contributed by atoms with E-state index in [0.717, 1.165) is 42.2 Å². The van der Waals surface area contributed by atoms with E-state index in [1.165, 1.54) is 0 Å². The number of carbonyl (C=O) groups is 1. The van der Waals surface area contributed by atoms with Crippen molar-refractivity contribution in [2.75, 3.05) is 32.9 Å². The molecular weight excluding hydrogens is 436 g/mol. The van der Waals surface area contributed by atoms with Gasteiger partial charge in [-0.1, -0.05) is 23.8 Å². The average molecular weight is 463 g/mol. The zero-order valence-electron chi connectivity index (χ0n) is 17.5. The van der Waals surface area contributed by atoms with Crippen LogP contribution in [0.3, 0.4) is 0 Å². The second-order valence-corrected chi connectivity index (χ2v) is 8.04. The van der Waals surface area contributed by atoms with Gasteiger partial charge in [0.15, 0.2) is 11.5 Å². The van der Waals surface area contributed by atoms with Crippen molar-refractivity contribution in [2.24, 2.45) is 11.7 Å². The maximum absolute atomic E-state index is 11.4. The maximum Gasteiger partial charge on any atom is 0.220 e. The standard InChI is InChI=1S/C23H27ClN2O4S/c1-2-28-21-15-17(23(31)26-11-9-16(10-12-26)22(25)27)3-8-20(21)30-14-13-29-19-6-4-18(24)5-7-19/h3-8,15-16H,2,9-14H2,1H3,(H2,25,27). The summed E-state index contributed by atoms with van der Waals surface area (Å²) in [5.74, 6) is 1.72. The fourth-order valence-corrected chi connectivity index (χ4v) is 3.86. The number of halogens is 1. The molecule has 0 spiro atoms. The van der Waals surface area contributed by atoms with Gasteiger partial charge in [0.2, 0.25) is 5.91 Å². The molecule has 0 unspecified atom stereocenters. The van der Waals surface area contributed by atoms with Gasteiger partial charge in [-0.25, -0.2) is 0 Å². The van der Waals surface area contributed by atoms with E-state index in [1.54, 1.807) is 12.1 Å². The molecule has 31 heavy (non-hydrogen) atoms. The topological polar surface area (TPSA) is 74.0 Å². The molecule has 0 saturated carbocycles. The molecule has 0 bridgehead atoms. The van der Waals surface area contributed by atoms with Crippen LogP contribution in [-0.4, -0.2) is 48.7 Å². The van der Waals surface area contributed by atoms with Crippen molar-refractivity contribution >= 4 is 34.7 Å².